The summed E-state index contributed by atoms with van der Waals surface area (Å²) >= 11 is 5.92. The zero-order valence-corrected chi connectivity index (χ0v) is 20.3. The van der Waals surface area contributed by atoms with Crippen LogP contribution < -0.4 is 10.9 Å². The van der Waals surface area contributed by atoms with Crippen LogP contribution in [0.25, 0.3) is 22.8 Å². The van der Waals surface area contributed by atoms with Crippen molar-refractivity contribution >= 4 is 23.9 Å². The van der Waals surface area contributed by atoms with Gasteiger partial charge in [-0.05, 0) is 25.1 Å². The number of nitrogens with zero attached hydrogens (tertiary/aromatic N) is 8. The number of aromatic nitrogens is 7. The first kappa shape index (κ1) is 25.3. The van der Waals surface area contributed by atoms with Crippen molar-refractivity contribution in [2.24, 2.45) is 7.05 Å². The molecule has 3 heterocycles. The topological polar surface area (TPSA) is 133 Å². The Morgan fingerprint density at radius 2 is 1.86 bits per heavy atom. The van der Waals surface area contributed by atoms with Crippen molar-refractivity contribution in [3.05, 3.63) is 69.9 Å². The number of aryl methyl sites for hydroxylation is 2. The predicted octanol–water partition coefficient (Wildman–Crippen LogP) is 0.996. The van der Waals surface area contributed by atoms with Crippen LogP contribution in [0, 0.1) is 6.92 Å². The molecule has 1 N–H and O–H groups in total. The van der Waals surface area contributed by atoms with E-state index in [0.717, 1.165) is 5.56 Å². The summed E-state index contributed by atoms with van der Waals surface area (Å²) in [7, 11) is 5.04. The van der Waals surface area contributed by atoms with Gasteiger partial charge in [0, 0.05) is 37.3 Å². The highest BCUT2D eigenvalue weighted by Gasteiger charge is 2.12. The van der Waals surface area contributed by atoms with Gasteiger partial charge >= 0.3 is 0 Å². The van der Waals surface area contributed by atoms with Gasteiger partial charge in [0.25, 0.3) is 5.56 Å². The number of halogens is 1. The lowest BCUT2D eigenvalue weighted by Gasteiger charge is -2.07. The van der Waals surface area contributed by atoms with Crippen molar-refractivity contribution in [3.63, 3.8) is 0 Å². The van der Waals surface area contributed by atoms with Crippen molar-refractivity contribution in [2.45, 2.75) is 6.92 Å². The van der Waals surface area contributed by atoms with Crippen LogP contribution in [-0.4, -0.2) is 72.4 Å². The molecular formula is C22H24ClN9O3. The van der Waals surface area contributed by atoms with E-state index in [2.05, 4.69) is 25.7 Å². The fourth-order valence-electron chi connectivity index (χ4n) is 2.80. The molecule has 0 aliphatic heterocycles. The third-order valence-electron chi connectivity index (χ3n) is 4.69. The molecule has 35 heavy (non-hydrogen) atoms. The molecule has 0 aliphatic carbocycles. The lowest BCUT2D eigenvalue weighted by Crippen LogP contribution is -2.32. The van der Waals surface area contributed by atoms with Crippen molar-refractivity contribution in [1.82, 2.24) is 44.8 Å². The van der Waals surface area contributed by atoms with Gasteiger partial charge in [-0.1, -0.05) is 23.7 Å². The summed E-state index contributed by atoms with van der Waals surface area (Å²) in [5.74, 6) is 0.327. The van der Waals surface area contributed by atoms with Gasteiger partial charge in [0.2, 0.25) is 12.3 Å². The molecular weight excluding hydrogens is 474 g/mol. The van der Waals surface area contributed by atoms with Crippen LogP contribution in [0.3, 0.4) is 0 Å². The second kappa shape index (κ2) is 11.2. The standard InChI is InChI=1S/C17H14ClN7O.C5H10N2O2/c1-11-7-16(22-24(17(11)26)14-8-19-23(2)10-14)25-20-9-15(21-25)12-3-5-13(18)6-4-12;1-7(2)5(9)3-6-4-8/h3-10H,1-2H3;4H,3H2,1-2H3,(H,6,8). The summed E-state index contributed by atoms with van der Waals surface area (Å²) in [4.78, 5) is 35.5. The minimum Gasteiger partial charge on any atom is -0.350 e. The molecule has 0 atom stereocenters. The highest BCUT2D eigenvalue weighted by Crippen LogP contribution is 2.19. The fraction of sp³-hybridized carbons (Fsp3) is 0.227. The van der Waals surface area contributed by atoms with E-state index in [1.165, 1.54) is 14.4 Å². The van der Waals surface area contributed by atoms with E-state index in [0.29, 0.717) is 34.2 Å². The average molecular weight is 498 g/mol. The Hall–Kier alpha value is -4.32. The summed E-state index contributed by atoms with van der Waals surface area (Å²) in [6.45, 7) is 1.81. The molecule has 2 amide bonds. The smallest absolute Gasteiger partial charge is 0.274 e. The number of amides is 2. The SMILES string of the molecule is CN(C)C(=O)CNC=O.Cc1cc(-n2ncc(-c3ccc(Cl)cc3)n2)nn(-c2cnn(C)c2)c1=O. The van der Waals surface area contributed by atoms with Crippen molar-refractivity contribution in [1.29, 1.82) is 0 Å². The first-order chi connectivity index (χ1) is 16.7. The Morgan fingerprint density at radius 1 is 1.14 bits per heavy atom. The Kier molecular flexibility index (Phi) is 8.10. The van der Waals surface area contributed by atoms with Crippen molar-refractivity contribution in [2.75, 3.05) is 20.6 Å². The molecule has 4 aromatic rings. The highest BCUT2D eigenvalue weighted by atomic mass is 35.5. The van der Waals surface area contributed by atoms with Crippen LogP contribution in [0.4, 0.5) is 0 Å². The molecule has 0 saturated heterocycles. The van der Waals surface area contributed by atoms with Gasteiger partial charge in [0.15, 0.2) is 5.82 Å². The Morgan fingerprint density at radius 3 is 2.46 bits per heavy atom. The molecule has 1 aromatic carbocycles. The van der Waals surface area contributed by atoms with E-state index in [9.17, 15) is 14.4 Å². The molecule has 0 aliphatic rings. The van der Waals surface area contributed by atoms with Gasteiger partial charge in [-0.3, -0.25) is 19.1 Å². The van der Waals surface area contributed by atoms with Crippen LogP contribution in [-0.2, 0) is 16.6 Å². The first-order valence-electron chi connectivity index (χ1n) is 10.4. The van der Waals surface area contributed by atoms with Gasteiger partial charge < -0.3 is 10.2 Å². The second-order valence-electron chi connectivity index (χ2n) is 7.59. The lowest BCUT2D eigenvalue weighted by atomic mass is 10.2. The molecule has 3 aromatic heterocycles. The number of benzene rings is 1. The minimum absolute atomic E-state index is 0.0799. The van der Waals surface area contributed by atoms with Gasteiger partial charge in [-0.2, -0.15) is 14.9 Å². The molecule has 0 fully saturated rings. The molecule has 13 heteroatoms. The van der Waals surface area contributed by atoms with Gasteiger partial charge in [-0.25, -0.2) is 0 Å². The molecule has 0 spiro atoms. The zero-order chi connectivity index (χ0) is 25.5. The van der Waals surface area contributed by atoms with Crippen molar-refractivity contribution < 1.29 is 9.59 Å². The Labute approximate surface area is 205 Å². The second-order valence-corrected chi connectivity index (χ2v) is 8.02. The third-order valence-corrected chi connectivity index (χ3v) is 4.94. The number of likely N-dealkylation sites (N-methyl/N-ethyl adjacent to an activating group) is 1. The first-order valence-corrected chi connectivity index (χ1v) is 10.7. The maximum Gasteiger partial charge on any atom is 0.274 e. The predicted molar refractivity (Wildman–Crippen MR) is 129 cm³/mol. The van der Waals surface area contributed by atoms with E-state index >= 15 is 0 Å². The monoisotopic (exact) mass is 497 g/mol. The van der Waals surface area contributed by atoms with Crippen LogP contribution in [0.15, 0.2) is 53.7 Å². The van der Waals surface area contributed by atoms with Gasteiger partial charge in [0.05, 0.1) is 25.1 Å². The summed E-state index contributed by atoms with van der Waals surface area (Å²) in [5, 5.41) is 20.1. The number of carbonyl (C=O) groups excluding carboxylic acids is 2. The van der Waals surface area contributed by atoms with Gasteiger partial charge in [0.1, 0.15) is 11.4 Å². The number of hydrogen-bond donors (Lipinski definition) is 1. The third kappa shape index (κ3) is 6.38. The molecule has 0 radical (unpaired) electrons. The largest absolute Gasteiger partial charge is 0.350 e. The average Bonchev–Trinajstić information content (AvgIpc) is 3.49. The number of carbonyl (C=O) groups is 2. The van der Waals surface area contributed by atoms with Crippen LogP contribution >= 0.6 is 11.6 Å². The number of rotatable bonds is 6. The summed E-state index contributed by atoms with van der Waals surface area (Å²) < 4.78 is 2.90. The summed E-state index contributed by atoms with van der Waals surface area (Å²) in [6.07, 6.45) is 5.43. The van der Waals surface area contributed by atoms with Gasteiger partial charge in [-0.15, -0.1) is 15.0 Å². The maximum absolute atomic E-state index is 12.4. The Balaban J connectivity index is 0.000000327. The van der Waals surface area contributed by atoms with E-state index in [-0.39, 0.29) is 18.0 Å². The molecule has 4 rings (SSSR count). The molecule has 182 valence electrons. The number of nitrogens with one attached hydrogen (secondary N) is 1. The Bertz CT molecular complexity index is 1370. The summed E-state index contributed by atoms with van der Waals surface area (Å²) in [6, 6.07) is 8.97. The van der Waals surface area contributed by atoms with Crippen molar-refractivity contribution in [3.8, 4) is 22.8 Å². The molecule has 0 bridgehead atoms. The normalized spacial score (nSPS) is 10.3. The van der Waals surface area contributed by atoms with E-state index in [1.54, 1.807) is 69.5 Å². The van der Waals surface area contributed by atoms with E-state index in [4.69, 9.17) is 11.6 Å². The molecule has 0 saturated carbocycles. The maximum atomic E-state index is 12.4. The molecule has 12 nitrogen and oxygen atoms in total. The van der Waals surface area contributed by atoms with E-state index in [1.807, 2.05) is 12.1 Å². The lowest BCUT2D eigenvalue weighted by molar-refractivity contribution is -0.128. The highest BCUT2D eigenvalue weighted by molar-refractivity contribution is 6.30. The minimum atomic E-state index is -0.216. The molecule has 0 unspecified atom stereocenters. The van der Waals surface area contributed by atoms with Crippen LogP contribution in [0.5, 0.6) is 0 Å². The fourth-order valence-corrected chi connectivity index (χ4v) is 2.93. The van der Waals surface area contributed by atoms with Crippen LogP contribution in [0.1, 0.15) is 5.56 Å². The quantitative estimate of drug-likeness (QED) is 0.393. The van der Waals surface area contributed by atoms with E-state index < -0.39 is 0 Å². The summed E-state index contributed by atoms with van der Waals surface area (Å²) in [5.41, 5.74) is 2.46. The van der Waals surface area contributed by atoms with Crippen LogP contribution in [0.2, 0.25) is 5.02 Å². The number of hydrogen-bond acceptors (Lipinski definition) is 7. The zero-order valence-electron chi connectivity index (χ0n) is 19.6.